The highest BCUT2D eigenvalue weighted by Gasteiger charge is 2.48. The maximum Gasteiger partial charge on any atom is 0.235 e. The smallest absolute Gasteiger partial charge is 0.235 e. The molecular formula is C23H22N8O. The van der Waals surface area contributed by atoms with Gasteiger partial charge in [0.05, 0.1) is 17.8 Å². The summed E-state index contributed by atoms with van der Waals surface area (Å²) in [6, 6.07) is 9.92. The molecule has 2 aliphatic heterocycles. The zero-order valence-electron chi connectivity index (χ0n) is 17.7. The molecule has 1 saturated heterocycles. The van der Waals surface area contributed by atoms with E-state index in [1.807, 2.05) is 24.3 Å². The first-order valence-corrected chi connectivity index (χ1v) is 10.9. The van der Waals surface area contributed by atoms with Gasteiger partial charge in [0.15, 0.2) is 17.0 Å². The van der Waals surface area contributed by atoms with Gasteiger partial charge in [-0.3, -0.25) is 4.79 Å². The molecule has 32 heavy (non-hydrogen) atoms. The number of piperidine rings is 1. The summed E-state index contributed by atoms with van der Waals surface area (Å²) < 4.78 is 2.07. The molecule has 0 bridgehead atoms. The molecule has 5 heterocycles. The Kier molecular flexibility index (Phi) is 4.17. The number of amides is 1. The lowest BCUT2D eigenvalue weighted by atomic mass is 9.73. The molecule has 160 valence electrons. The number of carbonyl (C=O) groups is 1. The molecule has 1 aromatic carbocycles. The van der Waals surface area contributed by atoms with Gasteiger partial charge in [-0.15, -0.1) is 0 Å². The second kappa shape index (κ2) is 7.08. The summed E-state index contributed by atoms with van der Waals surface area (Å²) in [6.07, 6.45) is 6.44. The van der Waals surface area contributed by atoms with Crippen LogP contribution in [0.5, 0.6) is 0 Å². The Morgan fingerprint density at radius 3 is 2.72 bits per heavy atom. The van der Waals surface area contributed by atoms with Gasteiger partial charge in [0.2, 0.25) is 5.91 Å². The van der Waals surface area contributed by atoms with Crippen molar-refractivity contribution in [3.05, 3.63) is 54.6 Å². The van der Waals surface area contributed by atoms with Crippen LogP contribution in [0.2, 0.25) is 0 Å². The third-order valence-electron chi connectivity index (χ3n) is 6.71. The maximum absolute atomic E-state index is 12.9. The first kappa shape index (κ1) is 18.9. The van der Waals surface area contributed by atoms with E-state index in [1.54, 1.807) is 18.7 Å². The molecule has 0 saturated carbocycles. The monoisotopic (exact) mass is 426 g/mol. The Bertz CT molecular complexity index is 1320. The molecule has 2 aliphatic rings. The number of rotatable bonds is 3. The number of hydrogen-bond acceptors (Lipinski definition) is 7. The number of anilines is 2. The van der Waals surface area contributed by atoms with Crippen LogP contribution in [0.4, 0.5) is 11.5 Å². The minimum Gasteiger partial charge on any atom is -0.355 e. The normalized spacial score (nSPS) is 17.0. The van der Waals surface area contributed by atoms with E-state index in [-0.39, 0.29) is 5.91 Å². The third kappa shape index (κ3) is 2.63. The topological polar surface area (TPSA) is 102 Å². The van der Waals surface area contributed by atoms with Crippen molar-refractivity contribution in [2.24, 2.45) is 0 Å². The van der Waals surface area contributed by atoms with E-state index < -0.39 is 5.41 Å². The Morgan fingerprint density at radius 2 is 1.94 bits per heavy atom. The number of aryl methyl sites for hydroxylation is 1. The van der Waals surface area contributed by atoms with Crippen molar-refractivity contribution in [1.82, 2.24) is 29.7 Å². The Balaban J connectivity index is 1.37. The zero-order chi connectivity index (χ0) is 21.7. The fourth-order valence-electron chi connectivity index (χ4n) is 5.07. The summed E-state index contributed by atoms with van der Waals surface area (Å²) in [5.74, 6) is 1.72. The number of para-hydroxylation sites is 1. The number of imidazole rings is 1. The number of fused-ring (bicyclic) bond motifs is 3. The van der Waals surface area contributed by atoms with Crippen molar-refractivity contribution >= 4 is 28.6 Å². The van der Waals surface area contributed by atoms with Crippen LogP contribution in [0.15, 0.2) is 49.1 Å². The molecule has 9 heteroatoms. The van der Waals surface area contributed by atoms with Crippen LogP contribution in [0.1, 0.15) is 25.3 Å². The highest BCUT2D eigenvalue weighted by molar-refractivity contribution is 6.06. The molecule has 0 radical (unpaired) electrons. The van der Waals surface area contributed by atoms with Crippen molar-refractivity contribution < 1.29 is 4.79 Å². The van der Waals surface area contributed by atoms with Crippen LogP contribution in [-0.4, -0.2) is 48.7 Å². The van der Waals surface area contributed by atoms with Gasteiger partial charge in [-0.2, -0.15) is 10.2 Å². The number of nitrogens with one attached hydrogen (secondary N) is 1. The summed E-state index contributed by atoms with van der Waals surface area (Å²) >= 11 is 0. The van der Waals surface area contributed by atoms with Gasteiger partial charge in [0, 0.05) is 30.9 Å². The van der Waals surface area contributed by atoms with E-state index in [9.17, 15) is 4.79 Å². The summed E-state index contributed by atoms with van der Waals surface area (Å²) in [7, 11) is 0. The van der Waals surface area contributed by atoms with Crippen LogP contribution in [0.3, 0.4) is 0 Å². The zero-order valence-corrected chi connectivity index (χ0v) is 17.7. The van der Waals surface area contributed by atoms with Gasteiger partial charge in [0.1, 0.15) is 12.2 Å². The maximum atomic E-state index is 12.9. The standard InChI is InChI=1S/C23H22N8O/c1-2-31-19(15-7-10-26-27-13-15)29-18-20(24-14-25-21(18)31)30-11-8-23(9-12-30)16-5-3-4-6-17(16)28-22(23)32/h3-7,10,13-14H,2,8-9,11-12H2,1H3,(H,28,32). The average molecular weight is 426 g/mol. The van der Waals surface area contributed by atoms with E-state index in [2.05, 4.69) is 47.9 Å². The van der Waals surface area contributed by atoms with Gasteiger partial charge in [-0.05, 0) is 37.5 Å². The third-order valence-corrected chi connectivity index (χ3v) is 6.71. The van der Waals surface area contributed by atoms with E-state index in [4.69, 9.17) is 4.98 Å². The minimum absolute atomic E-state index is 0.105. The van der Waals surface area contributed by atoms with Crippen LogP contribution in [0.25, 0.3) is 22.6 Å². The number of benzene rings is 1. The van der Waals surface area contributed by atoms with Gasteiger partial charge in [-0.25, -0.2) is 15.0 Å². The Hall–Kier alpha value is -3.88. The number of hydrogen-bond donors (Lipinski definition) is 1. The van der Waals surface area contributed by atoms with Crippen molar-refractivity contribution in [3.8, 4) is 11.4 Å². The lowest BCUT2D eigenvalue weighted by Crippen LogP contribution is -2.46. The van der Waals surface area contributed by atoms with E-state index in [1.165, 1.54) is 0 Å². The highest BCUT2D eigenvalue weighted by atomic mass is 16.2. The number of carbonyl (C=O) groups excluding carboxylic acids is 1. The quantitative estimate of drug-likeness (QED) is 0.537. The van der Waals surface area contributed by atoms with Crippen molar-refractivity contribution in [1.29, 1.82) is 0 Å². The van der Waals surface area contributed by atoms with E-state index in [0.717, 1.165) is 72.1 Å². The average Bonchev–Trinajstić information content (AvgIpc) is 3.35. The lowest BCUT2D eigenvalue weighted by molar-refractivity contribution is -0.121. The SMILES string of the molecule is CCn1c(-c2ccnnc2)nc2c(N3CCC4(CC3)C(=O)Nc3ccccc34)ncnc21. The molecule has 1 spiro atoms. The van der Waals surface area contributed by atoms with Crippen molar-refractivity contribution in [2.45, 2.75) is 31.7 Å². The van der Waals surface area contributed by atoms with Crippen LogP contribution in [0, 0.1) is 0 Å². The fourth-order valence-corrected chi connectivity index (χ4v) is 5.07. The second-order valence-corrected chi connectivity index (χ2v) is 8.25. The molecule has 9 nitrogen and oxygen atoms in total. The van der Waals surface area contributed by atoms with Gasteiger partial charge < -0.3 is 14.8 Å². The first-order valence-electron chi connectivity index (χ1n) is 10.9. The Morgan fingerprint density at radius 1 is 1.09 bits per heavy atom. The van der Waals surface area contributed by atoms with Gasteiger partial charge in [-0.1, -0.05) is 18.2 Å². The number of aromatic nitrogens is 6. The molecule has 6 rings (SSSR count). The summed E-state index contributed by atoms with van der Waals surface area (Å²) in [6.45, 7) is 4.24. The largest absolute Gasteiger partial charge is 0.355 e. The minimum atomic E-state index is -0.462. The molecule has 0 aliphatic carbocycles. The number of nitrogens with zero attached hydrogens (tertiary/aromatic N) is 7. The second-order valence-electron chi connectivity index (χ2n) is 8.25. The molecule has 0 unspecified atom stereocenters. The molecule has 1 amide bonds. The molecular weight excluding hydrogens is 404 g/mol. The van der Waals surface area contributed by atoms with Crippen LogP contribution in [-0.2, 0) is 16.8 Å². The molecule has 3 aromatic heterocycles. The lowest BCUT2D eigenvalue weighted by Gasteiger charge is -2.38. The van der Waals surface area contributed by atoms with Gasteiger partial charge in [0.25, 0.3) is 0 Å². The fraction of sp³-hybridized carbons (Fsp3) is 0.304. The van der Waals surface area contributed by atoms with Crippen molar-refractivity contribution in [2.75, 3.05) is 23.3 Å². The molecule has 1 N–H and O–H groups in total. The summed E-state index contributed by atoms with van der Waals surface area (Å²) in [5.41, 5.74) is 4.05. The van der Waals surface area contributed by atoms with E-state index >= 15 is 0 Å². The first-order chi connectivity index (χ1) is 15.7. The summed E-state index contributed by atoms with van der Waals surface area (Å²) in [5, 5.41) is 10.9. The van der Waals surface area contributed by atoms with E-state index in [0.29, 0.717) is 0 Å². The van der Waals surface area contributed by atoms with Crippen LogP contribution < -0.4 is 10.2 Å². The molecule has 1 fully saturated rings. The van der Waals surface area contributed by atoms with Gasteiger partial charge >= 0.3 is 0 Å². The van der Waals surface area contributed by atoms with Crippen molar-refractivity contribution in [3.63, 3.8) is 0 Å². The Labute approximate surface area is 184 Å². The predicted molar refractivity (Wildman–Crippen MR) is 120 cm³/mol. The van der Waals surface area contributed by atoms with Crippen LogP contribution >= 0.6 is 0 Å². The predicted octanol–water partition coefficient (Wildman–Crippen LogP) is 2.79. The summed E-state index contributed by atoms with van der Waals surface area (Å²) in [4.78, 5) is 29.2. The molecule has 4 aromatic rings. The molecule has 0 atom stereocenters. The highest BCUT2D eigenvalue weighted by Crippen LogP contribution is 2.45.